The molecular formula is C20H34O2. The van der Waals surface area contributed by atoms with Crippen molar-refractivity contribution < 1.29 is 10.2 Å². The second kappa shape index (κ2) is 17.9. The molecule has 126 valence electrons. The summed E-state index contributed by atoms with van der Waals surface area (Å²) < 4.78 is 0. The lowest BCUT2D eigenvalue weighted by molar-refractivity contribution is 0.209. The molecule has 0 aliphatic heterocycles. The Kier molecular flexibility index (Phi) is 17.0. The molecule has 2 N–H and O–H groups in total. The second-order valence-electron chi connectivity index (χ2n) is 5.48. The number of hydrogen-bond donors (Lipinski definition) is 2. The fourth-order valence-corrected chi connectivity index (χ4v) is 1.95. The molecule has 0 aliphatic carbocycles. The van der Waals surface area contributed by atoms with E-state index in [0.29, 0.717) is 6.61 Å². The summed E-state index contributed by atoms with van der Waals surface area (Å²) in [7, 11) is 0. The maximum absolute atomic E-state index is 9.63. The van der Waals surface area contributed by atoms with Crippen molar-refractivity contribution in [3.63, 3.8) is 0 Å². The van der Waals surface area contributed by atoms with E-state index in [9.17, 15) is 5.11 Å². The van der Waals surface area contributed by atoms with Gasteiger partial charge in [-0.05, 0) is 44.9 Å². The van der Waals surface area contributed by atoms with E-state index in [1.54, 1.807) is 0 Å². The molecule has 0 saturated carbocycles. The Morgan fingerprint density at radius 3 is 1.95 bits per heavy atom. The monoisotopic (exact) mass is 306 g/mol. The molecule has 0 saturated heterocycles. The number of rotatable bonds is 14. The average molecular weight is 306 g/mol. The normalized spacial score (nSPS) is 14.1. The summed E-state index contributed by atoms with van der Waals surface area (Å²) >= 11 is 0. The van der Waals surface area contributed by atoms with E-state index in [2.05, 4.69) is 43.4 Å². The van der Waals surface area contributed by atoms with Gasteiger partial charge in [0.1, 0.15) is 0 Å². The van der Waals surface area contributed by atoms with Crippen LogP contribution in [-0.2, 0) is 0 Å². The first-order valence-electron chi connectivity index (χ1n) is 8.71. The Morgan fingerprint density at radius 1 is 0.773 bits per heavy atom. The van der Waals surface area contributed by atoms with E-state index in [1.807, 2.05) is 12.2 Å². The molecule has 0 aromatic carbocycles. The number of hydrogen-bond acceptors (Lipinski definition) is 2. The van der Waals surface area contributed by atoms with Gasteiger partial charge in [-0.2, -0.15) is 0 Å². The fraction of sp³-hybridized carbons (Fsp3) is 0.600. The third-order valence-electron chi connectivity index (χ3n) is 3.31. The maximum Gasteiger partial charge on any atom is 0.0721 e. The lowest BCUT2D eigenvalue weighted by atomic mass is 10.1. The van der Waals surface area contributed by atoms with Crippen molar-refractivity contribution in [2.45, 2.75) is 70.8 Å². The van der Waals surface area contributed by atoms with Gasteiger partial charge in [-0.3, -0.25) is 0 Å². The van der Waals surface area contributed by atoms with E-state index in [1.165, 1.54) is 0 Å². The van der Waals surface area contributed by atoms with Crippen LogP contribution in [0.2, 0.25) is 0 Å². The molecule has 1 atom stereocenters. The van der Waals surface area contributed by atoms with E-state index in [4.69, 9.17) is 5.11 Å². The van der Waals surface area contributed by atoms with Crippen molar-refractivity contribution >= 4 is 0 Å². The smallest absolute Gasteiger partial charge is 0.0721 e. The van der Waals surface area contributed by atoms with Gasteiger partial charge in [0.05, 0.1) is 6.10 Å². The van der Waals surface area contributed by atoms with Gasteiger partial charge in [0.15, 0.2) is 0 Å². The molecule has 0 aliphatic rings. The Bertz CT molecular complexity index is 327. The molecule has 0 amide bonds. The minimum Gasteiger partial charge on any atom is -0.396 e. The van der Waals surface area contributed by atoms with Crippen LogP contribution in [0.3, 0.4) is 0 Å². The molecule has 0 fully saturated rings. The fourth-order valence-electron chi connectivity index (χ4n) is 1.95. The van der Waals surface area contributed by atoms with E-state index < -0.39 is 0 Å². The lowest BCUT2D eigenvalue weighted by Crippen LogP contribution is -2.00. The van der Waals surface area contributed by atoms with Crippen molar-refractivity contribution in [2.24, 2.45) is 0 Å². The number of allylic oxidation sites excluding steroid dienone is 7. The first-order valence-corrected chi connectivity index (χ1v) is 8.71. The first-order chi connectivity index (χ1) is 10.8. The van der Waals surface area contributed by atoms with Crippen molar-refractivity contribution in [1.82, 2.24) is 0 Å². The summed E-state index contributed by atoms with van der Waals surface area (Å²) in [5.41, 5.74) is 0. The predicted octanol–water partition coefficient (Wildman–Crippen LogP) is 5.10. The predicted molar refractivity (Wildman–Crippen MR) is 96.9 cm³/mol. The largest absolute Gasteiger partial charge is 0.396 e. The minimum atomic E-state index is -0.280. The van der Waals surface area contributed by atoms with Gasteiger partial charge in [-0.25, -0.2) is 0 Å². The SMILES string of the molecule is CCCC[C@@H](O)/C=C\C/C=C\C/C=C\C/C=C\CCCCO. The van der Waals surface area contributed by atoms with Crippen LogP contribution in [0.15, 0.2) is 48.6 Å². The molecule has 0 spiro atoms. The van der Waals surface area contributed by atoms with Crippen LogP contribution < -0.4 is 0 Å². The van der Waals surface area contributed by atoms with Crippen LogP contribution in [0.1, 0.15) is 64.7 Å². The van der Waals surface area contributed by atoms with Crippen molar-refractivity contribution in [3.8, 4) is 0 Å². The molecule has 0 heterocycles. The van der Waals surface area contributed by atoms with Gasteiger partial charge >= 0.3 is 0 Å². The summed E-state index contributed by atoms with van der Waals surface area (Å²) in [6.45, 7) is 2.44. The van der Waals surface area contributed by atoms with E-state index >= 15 is 0 Å². The highest BCUT2D eigenvalue weighted by molar-refractivity contribution is 5.00. The van der Waals surface area contributed by atoms with Gasteiger partial charge in [-0.15, -0.1) is 0 Å². The van der Waals surface area contributed by atoms with Crippen molar-refractivity contribution in [1.29, 1.82) is 0 Å². The highest BCUT2D eigenvalue weighted by Crippen LogP contribution is 2.02. The number of aliphatic hydroxyl groups excluding tert-OH is 2. The molecule has 0 radical (unpaired) electrons. The zero-order valence-electron chi connectivity index (χ0n) is 14.2. The first kappa shape index (κ1) is 20.9. The zero-order valence-corrected chi connectivity index (χ0v) is 14.2. The number of aliphatic hydroxyl groups is 2. The van der Waals surface area contributed by atoms with Gasteiger partial charge in [-0.1, -0.05) is 68.4 Å². The lowest BCUT2D eigenvalue weighted by Gasteiger charge is -2.02. The quantitative estimate of drug-likeness (QED) is 0.346. The highest BCUT2D eigenvalue weighted by atomic mass is 16.3. The van der Waals surface area contributed by atoms with Crippen LogP contribution in [-0.4, -0.2) is 22.9 Å². The summed E-state index contributed by atoms with van der Waals surface area (Å²) in [6.07, 6.45) is 25.6. The van der Waals surface area contributed by atoms with Gasteiger partial charge < -0.3 is 10.2 Å². The third kappa shape index (κ3) is 16.9. The topological polar surface area (TPSA) is 40.5 Å². The van der Waals surface area contributed by atoms with E-state index in [0.717, 1.165) is 57.8 Å². The van der Waals surface area contributed by atoms with Crippen LogP contribution in [0, 0.1) is 0 Å². The maximum atomic E-state index is 9.63. The molecule has 0 unspecified atom stereocenters. The second-order valence-corrected chi connectivity index (χ2v) is 5.48. The standard InChI is InChI=1S/C20H34O2/c1-2-3-17-20(22)18-15-13-11-9-7-5-4-6-8-10-12-14-16-19-21/h4-5,8-11,15,18,20-22H,2-3,6-7,12-14,16-17,19H2,1H3/b5-4-,10-8-,11-9-,18-15-/t20-/m1/s1. The van der Waals surface area contributed by atoms with E-state index in [-0.39, 0.29) is 6.10 Å². The summed E-state index contributed by atoms with van der Waals surface area (Å²) in [5.74, 6) is 0. The Balaban J connectivity index is 3.49. The van der Waals surface area contributed by atoms with Crippen LogP contribution in [0.4, 0.5) is 0 Å². The van der Waals surface area contributed by atoms with Gasteiger partial charge in [0.25, 0.3) is 0 Å². The Labute approximate surface area is 137 Å². The highest BCUT2D eigenvalue weighted by Gasteiger charge is 1.95. The molecule has 0 rings (SSSR count). The minimum absolute atomic E-state index is 0.280. The molecule has 2 heteroatoms. The van der Waals surface area contributed by atoms with Crippen LogP contribution >= 0.6 is 0 Å². The van der Waals surface area contributed by atoms with Crippen LogP contribution in [0.5, 0.6) is 0 Å². The van der Waals surface area contributed by atoms with Crippen molar-refractivity contribution in [3.05, 3.63) is 48.6 Å². The molecule has 0 aromatic rings. The Hall–Kier alpha value is -1.12. The Morgan fingerprint density at radius 2 is 1.36 bits per heavy atom. The number of unbranched alkanes of at least 4 members (excludes halogenated alkanes) is 3. The average Bonchev–Trinajstić information content (AvgIpc) is 2.53. The molecule has 2 nitrogen and oxygen atoms in total. The molecule has 22 heavy (non-hydrogen) atoms. The summed E-state index contributed by atoms with van der Waals surface area (Å²) in [4.78, 5) is 0. The van der Waals surface area contributed by atoms with Gasteiger partial charge in [0, 0.05) is 6.61 Å². The van der Waals surface area contributed by atoms with Crippen LogP contribution in [0.25, 0.3) is 0 Å². The molecule has 0 bridgehead atoms. The summed E-state index contributed by atoms with van der Waals surface area (Å²) in [6, 6.07) is 0. The molecular weight excluding hydrogens is 272 g/mol. The van der Waals surface area contributed by atoms with Gasteiger partial charge in [0.2, 0.25) is 0 Å². The third-order valence-corrected chi connectivity index (χ3v) is 3.31. The molecule has 0 aromatic heterocycles. The summed E-state index contributed by atoms with van der Waals surface area (Å²) in [5, 5.41) is 18.3. The van der Waals surface area contributed by atoms with Crippen molar-refractivity contribution in [2.75, 3.05) is 6.61 Å². The zero-order chi connectivity index (χ0) is 16.3.